The van der Waals surface area contributed by atoms with Gasteiger partial charge in [0.05, 0.1) is 12.2 Å². The van der Waals surface area contributed by atoms with Crippen LogP contribution in [0.3, 0.4) is 0 Å². The number of hydrogen-bond acceptors (Lipinski definition) is 2. The van der Waals surface area contributed by atoms with Crippen LogP contribution in [0.15, 0.2) is 91.0 Å². The number of benzene rings is 4. The van der Waals surface area contributed by atoms with Crippen LogP contribution in [0.5, 0.6) is 0 Å². The van der Waals surface area contributed by atoms with E-state index in [0.29, 0.717) is 28.4 Å². The number of carbonyl (C=O) groups excluding carboxylic acids is 2. The second-order valence-corrected chi connectivity index (χ2v) is 8.49. The number of aryl methyl sites for hydroxylation is 1. The van der Waals surface area contributed by atoms with Crippen molar-refractivity contribution < 1.29 is 9.59 Å². The SMILES string of the molecule is Cc1cc(Cl)ccc1C(=O)Nc1ccc(C(=O)N2Cc3ccccc3-c3ccccc32)cc1. The molecule has 0 saturated heterocycles. The molecule has 1 heterocycles. The minimum Gasteiger partial charge on any atom is -0.322 e. The number of rotatable bonds is 3. The van der Waals surface area contributed by atoms with Crippen molar-refractivity contribution in [3.63, 3.8) is 0 Å². The summed E-state index contributed by atoms with van der Waals surface area (Å²) in [4.78, 5) is 27.9. The summed E-state index contributed by atoms with van der Waals surface area (Å²) in [6.07, 6.45) is 0. The maximum absolute atomic E-state index is 13.4. The quantitative estimate of drug-likeness (QED) is 0.374. The summed E-state index contributed by atoms with van der Waals surface area (Å²) in [5.74, 6) is -0.298. The predicted molar refractivity (Wildman–Crippen MR) is 133 cm³/mol. The second-order valence-electron chi connectivity index (χ2n) is 8.06. The third-order valence-electron chi connectivity index (χ3n) is 5.90. The number of carbonyl (C=O) groups is 2. The number of amides is 2. The molecule has 0 unspecified atom stereocenters. The Bertz CT molecular complexity index is 1380. The zero-order valence-electron chi connectivity index (χ0n) is 18.0. The Balaban J connectivity index is 1.38. The molecular formula is C28H21ClN2O2. The monoisotopic (exact) mass is 452 g/mol. The van der Waals surface area contributed by atoms with E-state index in [1.807, 2.05) is 48.2 Å². The summed E-state index contributed by atoms with van der Waals surface area (Å²) in [6.45, 7) is 2.36. The summed E-state index contributed by atoms with van der Waals surface area (Å²) in [6, 6.07) is 28.3. The molecular weight excluding hydrogens is 432 g/mol. The first-order valence-corrected chi connectivity index (χ1v) is 11.1. The highest BCUT2D eigenvalue weighted by atomic mass is 35.5. The zero-order valence-corrected chi connectivity index (χ0v) is 18.8. The fraction of sp³-hybridized carbons (Fsp3) is 0.0714. The van der Waals surface area contributed by atoms with Crippen LogP contribution in [0.2, 0.25) is 5.02 Å². The Kier molecular flexibility index (Phi) is 5.45. The van der Waals surface area contributed by atoms with E-state index in [0.717, 1.165) is 27.9 Å². The molecule has 0 saturated carbocycles. The molecule has 0 spiro atoms. The Hall–Kier alpha value is -3.89. The number of hydrogen-bond donors (Lipinski definition) is 1. The Morgan fingerprint density at radius 3 is 2.30 bits per heavy atom. The van der Waals surface area contributed by atoms with Gasteiger partial charge in [0.15, 0.2) is 0 Å². The first-order valence-electron chi connectivity index (χ1n) is 10.7. The van der Waals surface area contributed by atoms with Crippen molar-refractivity contribution >= 4 is 34.8 Å². The summed E-state index contributed by atoms with van der Waals surface area (Å²) >= 11 is 5.98. The van der Waals surface area contributed by atoms with Crippen molar-refractivity contribution in [2.45, 2.75) is 13.5 Å². The minimum atomic E-state index is -0.218. The summed E-state index contributed by atoms with van der Waals surface area (Å²) in [5.41, 5.74) is 6.77. The average molecular weight is 453 g/mol. The van der Waals surface area contributed by atoms with Crippen molar-refractivity contribution in [2.24, 2.45) is 0 Å². The van der Waals surface area contributed by atoms with Crippen LogP contribution in [0.4, 0.5) is 11.4 Å². The normalized spacial score (nSPS) is 12.0. The molecule has 2 amide bonds. The van der Waals surface area contributed by atoms with Crippen LogP contribution in [0, 0.1) is 6.92 Å². The van der Waals surface area contributed by atoms with E-state index in [1.54, 1.807) is 42.5 Å². The summed E-state index contributed by atoms with van der Waals surface area (Å²) in [7, 11) is 0. The van der Waals surface area contributed by atoms with E-state index in [1.165, 1.54) is 0 Å². The van der Waals surface area contributed by atoms with Gasteiger partial charge >= 0.3 is 0 Å². The van der Waals surface area contributed by atoms with Gasteiger partial charge in [-0.05, 0) is 72.1 Å². The number of halogens is 1. The molecule has 0 fully saturated rings. The Morgan fingerprint density at radius 1 is 0.848 bits per heavy atom. The highest BCUT2D eigenvalue weighted by Gasteiger charge is 2.26. The number of nitrogens with one attached hydrogen (secondary N) is 1. The molecule has 0 bridgehead atoms. The van der Waals surface area contributed by atoms with Gasteiger partial charge in [-0.25, -0.2) is 0 Å². The van der Waals surface area contributed by atoms with Crippen LogP contribution < -0.4 is 10.2 Å². The van der Waals surface area contributed by atoms with E-state index in [9.17, 15) is 9.59 Å². The van der Waals surface area contributed by atoms with E-state index < -0.39 is 0 Å². The molecule has 162 valence electrons. The standard InChI is InChI=1S/C28H21ClN2O2/c1-18-16-21(29)12-15-23(18)27(32)30-22-13-10-19(11-14-22)28(33)31-17-20-6-2-3-7-24(20)25-8-4-5-9-26(25)31/h2-16H,17H2,1H3,(H,30,32). The van der Waals surface area contributed by atoms with Crippen molar-refractivity contribution in [3.8, 4) is 11.1 Å². The van der Waals surface area contributed by atoms with Crippen LogP contribution >= 0.6 is 11.6 Å². The van der Waals surface area contributed by atoms with Gasteiger partial charge in [-0.2, -0.15) is 0 Å². The molecule has 0 aromatic heterocycles. The molecule has 0 radical (unpaired) electrons. The van der Waals surface area contributed by atoms with Crippen LogP contribution in [-0.2, 0) is 6.54 Å². The lowest BCUT2D eigenvalue weighted by Crippen LogP contribution is -2.33. The van der Waals surface area contributed by atoms with Gasteiger partial charge in [0, 0.05) is 27.4 Å². The lowest BCUT2D eigenvalue weighted by molar-refractivity contribution is 0.0983. The van der Waals surface area contributed by atoms with Crippen LogP contribution in [-0.4, -0.2) is 11.8 Å². The summed E-state index contributed by atoms with van der Waals surface area (Å²) in [5, 5.41) is 3.48. The second kappa shape index (κ2) is 8.57. The molecule has 4 aromatic rings. The van der Waals surface area contributed by atoms with Gasteiger partial charge in [-0.15, -0.1) is 0 Å². The highest BCUT2D eigenvalue weighted by molar-refractivity contribution is 6.30. The molecule has 5 rings (SSSR count). The first kappa shape index (κ1) is 21.0. The van der Waals surface area contributed by atoms with E-state index in [-0.39, 0.29) is 11.8 Å². The van der Waals surface area contributed by atoms with E-state index in [2.05, 4.69) is 17.4 Å². The topological polar surface area (TPSA) is 49.4 Å². The molecule has 4 aromatic carbocycles. The number of anilines is 2. The van der Waals surface area contributed by atoms with Crippen LogP contribution in [0.1, 0.15) is 31.8 Å². The van der Waals surface area contributed by atoms with Crippen molar-refractivity contribution in [1.29, 1.82) is 0 Å². The van der Waals surface area contributed by atoms with Crippen molar-refractivity contribution in [1.82, 2.24) is 0 Å². The lowest BCUT2D eigenvalue weighted by atomic mass is 9.93. The van der Waals surface area contributed by atoms with E-state index in [4.69, 9.17) is 11.6 Å². The fourth-order valence-corrected chi connectivity index (χ4v) is 4.45. The predicted octanol–water partition coefficient (Wildman–Crippen LogP) is 6.73. The third-order valence-corrected chi connectivity index (χ3v) is 6.13. The van der Waals surface area contributed by atoms with Gasteiger partial charge in [0.25, 0.3) is 11.8 Å². The third kappa shape index (κ3) is 4.01. The van der Waals surface area contributed by atoms with Gasteiger partial charge in [0.2, 0.25) is 0 Å². The van der Waals surface area contributed by atoms with Gasteiger partial charge < -0.3 is 10.2 Å². The summed E-state index contributed by atoms with van der Waals surface area (Å²) < 4.78 is 0. The number of nitrogens with zero attached hydrogens (tertiary/aromatic N) is 1. The van der Waals surface area contributed by atoms with E-state index >= 15 is 0 Å². The molecule has 1 N–H and O–H groups in total. The van der Waals surface area contributed by atoms with Gasteiger partial charge in [-0.3, -0.25) is 9.59 Å². The molecule has 1 aliphatic heterocycles. The van der Waals surface area contributed by atoms with Gasteiger partial charge in [0.1, 0.15) is 0 Å². The molecule has 1 aliphatic rings. The molecule has 5 heteroatoms. The largest absolute Gasteiger partial charge is 0.322 e. The minimum absolute atomic E-state index is 0.0802. The average Bonchev–Trinajstić information content (AvgIpc) is 2.83. The van der Waals surface area contributed by atoms with Crippen LogP contribution in [0.25, 0.3) is 11.1 Å². The first-order chi connectivity index (χ1) is 16.0. The lowest BCUT2D eigenvalue weighted by Gasteiger charge is -2.31. The van der Waals surface area contributed by atoms with Crippen molar-refractivity contribution in [3.05, 3.63) is 118 Å². The molecule has 0 aliphatic carbocycles. The Labute approximate surface area is 197 Å². The highest BCUT2D eigenvalue weighted by Crippen LogP contribution is 2.39. The maximum atomic E-state index is 13.4. The zero-order chi connectivity index (χ0) is 22.9. The molecule has 4 nitrogen and oxygen atoms in total. The molecule has 33 heavy (non-hydrogen) atoms. The Morgan fingerprint density at radius 2 is 1.55 bits per heavy atom. The fourth-order valence-electron chi connectivity index (χ4n) is 4.23. The maximum Gasteiger partial charge on any atom is 0.258 e. The molecule has 0 atom stereocenters. The van der Waals surface area contributed by atoms with Crippen molar-refractivity contribution in [2.75, 3.05) is 10.2 Å². The smallest absolute Gasteiger partial charge is 0.258 e. The number of fused-ring (bicyclic) bond motifs is 3. The van der Waals surface area contributed by atoms with Gasteiger partial charge in [-0.1, -0.05) is 54.1 Å². The number of para-hydroxylation sites is 1.